The summed E-state index contributed by atoms with van der Waals surface area (Å²) >= 11 is 0. The number of aromatic nitrogens is 5. The Morgan fingerprint density at radius 1 is 0.379 bits per heavy atom. The van der Waals surface area contributed by atoms with Crippen LogP contribution in [0.25, 0.3) is 122 Å². The lowest BCUT2D eigenvalue weighted by Crippen LogP contribution is -2.15. The number of fused-ring (bicyclic) bond motifs is 12. The van der Waals surface area contributed by atoms with Crippen molar-refractivity contribution in [2.24, 2.45) is 0 Å². The number of para-hydroxylation sites is 5. The van der Waals surface area contributed by atoms with Gasteiger partial charge in [-0.3, -0.25) is 0 Å². The van der Waals surface area contributed by atoms with E-state index in [1.54, 1.807) is 0 Å². The summed E-state index contributed by atoms with van der Waals surface area (Å²) in [6.45, 7) is 4.62. The maximum Gasteiger partial charge on any atom is 0.164 e. The molecule has 0 fully saturated rings. The van der Waals surface area contributed by atoms with E-state index < -0.39 is 0 Å². The zero-order valence-corrected chi connectivity index (χ0v) is 36.2. The molecule has 6 heteroatoms. The zero-order valence-electron chi connectivity index (χ0n) is 36.2. The van der Waals surface area contributed by atoms with E-state index in [4.69, 9.17) is 19.4 Å². The monoisotopic (exact) mass is 845 g/mol. The van der Waals surface area contributed by atoms with Gasteiger partial charge in [0.2, 0.25) is 0 Å². The Hall–Kier alpha value is -8.61. The van der Waals surface area contributed by atoms with Gasteiger partial charge >= 0.3 is 0 Å². The molecule has 1 aliphatic rings. The highest BCUT2D eigenvalue weighted by Gasteiger charge is 2.35. The lowest BCUT2D eigenvalue weighted by atomic mass is 9.82. The van der Waals surface area contributed by atoms with Gasteiger partial charge in [0.25, 0.3) is 0 Å². The summed E-state index contributed by atoms with van der Waals surface area (Å²) in [5.41, 5.74) is 16.0. The highest BCUT2D eigenvalue weighted by molar-refractivity contribution is 6.15. The Morgan fingerprint density at radius 2 is 0.924 bits per heavy atom. The van der Waals surface area contributed by atoms with Crippen LogP contribution in [0.2, 0.25) is 0 Å². The highest BCUT2D eigenvalue weighted by Crippen LogP contribution is 2.49. The predicted octanol–water partition coefficient (Wildman–Crippen LogP) is 15.3. The first-order valence-corrected chi connectivity index (χ1v) is 22.5. The molecular weight excluding hydrogens is 807 g/mol. The summed E-state index contributed by atoms with van der Waals surface area (Å²) in [5.74, 6) is 1.79. The van der Waals surface area contributed by atoms with Crippen LogP contribution in [0, 0.1) is 0 Å². The third-order valence-electron chi connectivity index (χ3n) is 14.0. The summed E-state index contributed by atoms with van der Waals surface area (Å²) in [6, 6.07) is 71.3. The fraction of sp³-hybridized carbons (Fsp3) is 0.0500. The molecule has 9 aromatic carbocycles. The van der Waals surface area contributed by atoms with Crippen LogP contribution in [-0.2, 0) is 5.41 Å². The Balaban J connectivity index is 1.01. The number of hydrogen-bond donors (Lipinski definition) is 0. The summed E-state index contributed by atoms with van der Waals surface area (Å²) < 4.78 is 11.2. The summed E-state index contributed by atoms with van der Waals surface area (Å²) in [4.78, 5) is 15.9. The molecule has 0 spiro atoms. The number of benzene rings is 9. The molecule has 0 saturated carbocycles. The molecular formula is C60H39N5O. The molecule has 13 aromatic rings. The smallest absolute Gasteiger partial charge is 0.164 e. The van der Waals surface area contributed by atoms with E-state index in [1.165, 1.54) is 38.4 Å². The van der Waals surface area contributed by atoms with E-state index in [0.717, 1.165) is 77.5 Å². The van der Waals surface area contributed by atoms with Crippen molar-refractivity contribution in [1.29, 1.82) is 0 Å². The molecule has 0 aliphatic heterocycles. The number of nitrogens with zero attached hydrogens (tertiary/aromatic N) is 5. The molecule has 1 aliphatic carbocycles. The molecule has 4 heterocycles. The largest absolute Gasteiger partial charge is 0.456 e. The van der Waals surface area contributed by atoms with Gasteiger partial charge in [0.1, 0.15) is 11.2 Å². The maximum absolute atomic E-state index is 6.39. The van der Waals surface area contributed by atoms with E-state index in [0.29, 0.717) is 17.5 Å². The van der Waals surface area contributed by atoms with Gasteiger partial charge in [-0.25, -0.2) is 15.0 Å². The predicted molar refractivity (Wildman–Crippen MR) is 270 cm³/mol. The van der Waals surface area contributed by atoms with Gasteiger partial charge in [0.15, 0.2) is 17.5 Å². The van der Waals surface area contributed by atoms with Gasteiger partial charge in [-0.05, 0) is 82.9 Å². The Morgan fingerprint density at radius 3 is 1.71 bits per heavy atom. The fourth-order valence-electron chi connectivity index (χ4n) is 10.9. The molecule has 0 amide bonds. The van der Waals surface area contributed by atoms with Crippen LogP contribution in [0.1, 0.15) is 25.0 Å². The average molecular weight is 846 g/mol. The average Bonchev–Trinajstić information content (AvgIpc) is 4.09. The van der Waals surface area contributed by atoms with Crippen LogP contribution in [0.15, 0.2) is 205 Å². The minimum Gasteiger partial charge on any atom is -0.456 e. The molecule has 14 rings (SSSR count). The van der Waals surface area contributed by atoms with Crippen molar-refractivity contribution in [1.82, 2.24) is 24.1 Å². The van der Waals surface area contributed by atoms with E-state index in [2.05, 4.69) is 205 Å². The van der Waals surface area contributed by atoms with E-state index in [1.807, 2.05) is 18.2 Å². The topological polar surface area (TPSA) is 61.7 Å². The number of hydrogen-bond acceptors (Lipinski definition) is 4. The molecule has 0 bridgehead atoms. The molecule has 0 radical (unpaired) electrons. The Kier molecular flexibility index (Phi) is 7.64. The summed E-state index contributed by atoms with van der Waals surface area (Å²) in [6.07, 6.45) is 0. The van der Waals surface area contributed by atoms with Gasteiger partial charge < -0.3 is 13.6 Å². The summed E-state index contributed by atoms with van der Waals surface area (Å²) in [5, 5.41) is 6.88. The van der Waals surface area contributed by atoms with Gasteiger partial charge in [0, 0.05) is 60.1 Å². The number of furan rings is 1. The van der Waals surface area contributed by atoms with Crippen LogP contribution >= 0.6 is 0 Å². The Labute approximate surface area is 379 Å². The molecule has 6 nitrogen and oxygen atoms in total. The van der Waals surface area contributed by atoms with Crippen molar-refractivity contribution >= 4 is 65.6 Å². The molecule has 66 heavy (non-hydrogen) atoms. The van der Waals surface area contributed by atoms with Crippen LogP contribution in [0.4, 0.5) is 0 Å². The van der Waals surface area contributed by atoms with Crippen LogP contribution in [0.3, 0.4) is 0 Å². The van der Waals surface area contributed by atoms with Crippen LogP contribution in [0.5, 0.6) is 0 Å². The van der Waals surface area contributed by atoms with Crippen molar-refractivity contribution < 1.29 is 4.42 Å². The molecule has 0 N–H and O–H groups in total. The van der Waals surface area contributed by atoms with E-state index in [-0.39, 0.29) is 5.41 Å². The third-order valence-corrected chi connectivity index (χ3v) is 14.0. The lowest BCUT2D eigenvalue weighted by molar-refractivity contribution is 0.660. The molecule has 4 aromatic heterocycles. The Bertz CT molecular complexity index is 4150. The van der Waals surface area contributed by atoms with Crippen LogP contribution in [-0.4, -0.2) is 24.1 Å². The van der Waals surface area contributed by atoms with Gasteiger partial charge in [-0.1, -0.05) is 153 Å². The maximum atomic E-state index is 6.39. The second-order valence-corrected chi connectivity index (χ2v) is 18.0. The van der Waals surface area contributed by atoms with Gasteiger partial charge in [0.05, 0.1) is 27.8 Å². The van der Waals surface area contributed by atoms with E-state index in [9.17, 15) is 0 Å². The highest BCUT2D eigenvalue weighted by atomic mass is 16.3. The molecule has 0 atom stereocenters. The minimum absolute atomic E-state index is 0.180. The minimum atomic E-state index is -0.180. The van der Waals surface area contributed by atoms with Crippen molar-refractivity contribution in [2.75, 3.05) is 0 Å². The quantitative estimate of drug-likeness (QED) is 0.173. The molecule has 0 saturated heterocycles. The fourth-order valence-corrected chi connectivity index (χ4v) is 10.9. The van der Waals surface area contributed by atoms with Crippen LogP contribution < -0.4 is 0 Å². The number of rotatable bonds is 5. The standard InChI is InChI=1S/C60H39N5O/c1-60(2)48-22-10-6-17-40(48)41-30-27-36(33-49(41)60)57-61-58(63-59(62-57)38-29-32-46-45-20-9-13-26-54(45)66-55(46)35-38)37-28-31-44-42-18-7-12-24-51(42)65(53(44)34-37)52-25-14-21-47-43-19-8-11-23-50(43)64(56(47)52)39-15-4-3-5-16-39/h3-35H,1-2H3. The van der Waals surface area contributed by atoms with Crippen molar-refractivity contribution in [3.8, 4) is 56.7 Å². The van der Waals surface area contributed by atoms with Gasteiger partial charge in [-0.15, -0.1) is 0 Å². The lowest BCUT2D eigenvalue weighted by Gasteiger charge is -2.21. The SMILES string of the molecule is CC1(C)c2ccccc2-c2ccc(-c3nc(-c4ccc5c(c4)oc4ccccc45)nc(-c4ccc5c6ccccc6n(-c6cccc7c8ccccc8n(-c8ccccc8)c67)c5c4)n3)cc21. The first kappa shape index (κ1) is 36.8. The van der Waals surface area contributed by atoms with Crippen molar-refractivity contribution in [3.05, 3.63) is 211 Å². The molecule has 310 valence electrons. The third kappa shape index (κ3) is 5.27. The van der Waals surface area contributed by atoms with E-state index >= 15 is 0 Å². The zero-order chi connectivity index (χ0) is 43.7. The van der Waals surface area contributed by atoms with Gasteiger partial charge in [-0.2, -0.15) is 0 Å². The van der Waals surface area contributed by atoms with Crippen molar-refractivity contribution in [2.45, 2.75) is 19.3 Å². The normalized spacial score (nSPS) is 13.1. The first-order chi connectivity index (χ1) is 32.5. The first-order valence-electron chi connectivity index (χ1n) is 22.5. The van der Waals surface area contributed by atoms with Crippen molar-refractivity contribution in [3.63, 3.8) is 0 Å². The molecule has 0 unspecified atom stereocenters. The summed E-state index contributed by atoms with van der Waals surface area (Å²) in [7, 11) is 0. The second-order valence-electron chi connectivity index (χ2n) is 18.0. The second kappa shape index (κ2) is 13.7.